The number of aromatic nitrogens is 2. The first kappa shape index (κ1) is 13.5. The van der Waals surface area contributed by atoms with Gasteiger partial charge in [-0.1, -0.05) is 61.7 Å². The van der Waals surface area contributed by atoms with Gasteiger partial charge in [0, 0.05) is 15.1 Å². The van der Waals surface area contributed by atoms with Crippen LogP contribution in [0.2, 0.25) is 5.02 Å². The van der Waals surface area contributed by atoms with Crippen LogP contribution in [0.4, 0.5) is 0 Å². The Balaban J connectivity index is 2.36. The zero-order valence-electron chi connectivity index (χ0n) is 8.95. The molecule has 0 N–H and O–H groups in total. The van der Waals surface area contributed by atoms with Crippen molar-refractivity contribution in [1.82, 2.24) is 10.2 Å². The number of rotatable bonds is 3. The van der Waals surface area contributed by atoms with E-state index in [-0.39, 0.29) is 4.83 Å². The van der Waals surface area contributed by atoms with Crippen molar-refractivity contribution in [3.63, 3.8) is 0 Å². The third-order valence-electron chi connectivity index (χ3n) is 2.18. The maximum absolute atomic E-state index is 6.01. The van der Waals surface area contributed by atoms with Crippen LogP contribution in [0, 0.1) is 0 Å². The van der Waals surface area contributed by atoms with E-state index in [9.17, 15) is 0 Å². The molecular weight excluding hydrogens is 387 g/mol. The molecule has 0 aliphatic carbocycles. The van der Waals surface area contributed by atoms with Crippen LogP contribution in [0.1, 0.15) is 23.2 Å². The lowest BCUT2D eigenvalue weighted by atomic mass is 10.2. The summed E-state index contributed by atoms with van der Waals surface area (Å²) in [6.07, 6.45) is 0.994. The van der Waals surface area contributed by atoms with Gasteiger partial charge in [-0.2, -0.15) is 0 Å². The Morgan fingerprint density at radius 3 is 2.76 bits per heavy atom. The van der Waals surface area contributed by atoms with Gasteiger partial charge in [0.05, 0.1) is 4.83 Å². The normalized spacial score (nSPS) is 12.7. The van der Waals surface area contributed by atoms with Crippen LogP contribution in [0.3, 0.4) is 0 Å². The molecule has 1 heterocycles. The minimum Gasteiger partial charge on any atom is -0.142 e. The van der Waals surface area contributed by atoms with Gasteiger partial charge < -0.3 is 0 Å². The van der Waals surface area contributed by atoms with Crippen molar-refractivity contribution in [2.75, 3.05) is 0 Å². The van der Waals surface area contributed by atoms with Crippen molar-refractivity contribution < 1.29 is 0 Å². The van der Waals surface area contributed by atoms with Gasteiger partial charge in [0.25, 0.3) is 0 Å². The quantitative estimate of drug-likeness (QED) is 0.643. The summed E-state index contributed by atoms with van der Waals surface area (Å²) in [4.78, 5) is 0.274. The van der Waals surface area contributed by atoms with Crippen molar-refractivity contribution in [1.29, 1.82) is 0 Å². The summed E-state index contributed by atoms with van der Waals surface area (Å²) in [5, 5.41) is 11.0. The smallest absolute Gasteiger partial charge is 0.142 e. The van der Waals surface area contributed by atoms with E-state index < -0.39 is 0 Å². The summed E-state index contributed by atoms with van der Waals surface area (Å²) in [5.41, 5.74) is 0.990. The second-order valence-corrected chi connectivity index (χ2v) is 6.95. The number of halogens is 3. The van der Waals surface area contributed by atoms with Gasteiger partial charge in [-0.15, -0.1) is 10.2 Å². The molecule has 6 heteroatoms. The fourth-order valence-electron chi connectivity index (χ4n) is 1.33. The number of nitrogens with zero attached hydrogens (tertiary/aromatic N) is 2. The Labute approximate surface area is 126 Å². The lowest BCUT2D eigenvalue weighted by Crippen LogP contribution is -1.84. The molecule has 1 aromatic heterocycles. The van der Waals surface area contributed by atoms with E-state index in [1.807, 2.05) is 18.2 Å². The monoisotopic (exact) mass is 394 g/mol. The van der Waals surface area contributed by atoms with Gasteiger partial charge in [-0.3, -0.25) is 0 Å². The third-order valence-corrected chi connectivity index (χ3v) is 5.32. The minimum atomic E-state index is 0.274. The third kappa shape index (κ3) is 3.28. The zero-order chi connectivity index (χ0) is 12.4. The van der Waals surface area contributed by atoms with Crippen molar-refractivity contribution in [2.45, 2.75) is 18.2 Å². The molecular formula is C11H9Br2ClN2S. The van der Waals surface area contributed by atoms with E-state index in [1.165, 1.54) is 0 Å². The predicted molar refractivity (Wildman–Crippen MR) is 80.0 cm³/mol. The van der Waals surface area contributed by atoms with Crippen molar-refractivity contribution >= 4 is 54.8 Å². The maximum Gasteiger partial charge on any atom is 0.147 e. The molecule has 2 rings (SSSR count). The fraction of sp³-hybridized carbons (Fsp3) is 0.273. The highest BCUT2D eigenvalue weighted by atomic mass is 79.9. The molecule has 0 saturated carbocycles. The number of benzene rings is 1. The molecule has 0 saturated heterocycles. The van der Waals surface area contributed by atoms with Crippen molar-refractivity contribution in [3.8, 4) is 10.6 Å². The minimum absolute atomic E-state index is 0.274. The van der Waals surface area contributed by atoms with Gasteiger partial charge in [0.2, 0.25) is 0 Å². The van der Waals surface area contributed by atoms with Gasteiger partial charge in [-0.05, 0) is 24.6 Å². The van der Waals surface area contributed by atoms with Crippen LogP contribution < -0.4 is 0 Å². The van der Waals surface area contributed by atoms with Crippen LogP contribution >= 0.6 is 54.8 Å². The van der Waals surface area contributed by atoms with Crippen LogP contribution in [-0.4, -0.2) is 10.2 Å². The van der Waals surface area contributed by atoms with Crippen molar-refractivity contribution in [3.05, 3.63) is 32.7 Å². The maximum atomic E-state index is 6.01. The Kier molecular flexibility index (Phi) is 4.58. The molecule has 0 spiro atoms. The lowest BCUT2D eigenvalue weighted by Gasteiger charge is -1.99. The second-order valence-electron chi connectivity index (χ2n) is 3.48. The van der Waals surface area contributed by atoms with Gasteiger partial charge in [0.1, 0.15) is 10.0 Å². The Morgan fingerprint density at radius 2 is 2.12 bits per heavy atom. The Bertz CT molecular complexity index is 510. The van der Waals surface area contributed by atoms with E-state index in [0.29, 0.717) is 5.02 Å². The topological polar surface area (TPSA) is 25.8 Å². The van der Waals surface area contributed by atoms with E-state index in [1.54, 1.807) is 11.3 Å². The summed E-state index contributed by atoms with van der Waals surface area (Å²) in [7, 11) is 0. The molecule has 1 aromatic carbocycles. The van der Waals surface area contributed by atoms with Gasteiger partial charge in [0.15, 0.2) is 0 Å². The first-order chi connectivity index (χ1) is 8.10. The Hall–Kier alpha value is 0.0300. The highest BCUT2D eigenvalue weighted by molar-refractivity contribution is 9.10. The summed E-state index contributed by atoms with van der Waals surface area (Å²) in [6, 6.07) is 5.74. The average Bonchev–Trinajstić information content (AvgIpc) is 2.76. The van der Waals surface area contributed by atoms with Crippen LogP contribution in [0.25, 0.3) is 10.6 Å². The fourth-order valence-corrected chi connectivity index (χ4v) is 3.45. The largest absolute Gasteiger partial charge is 0.147 e. The molecule has 0 radical (unpaired) electrons. The number of hydrogen-bond donors (Lipinski definition) is 0. The van der Waals surface area contributed by atoms with E-state index >= 15 is 0 Å². The molecule has 17 heavy (non-hydrogen) atoms. The summed E-state index contributed by atoms with van der Waals surface area (Å²) >= 11 is 14.6. The molecule has 0 aliphatic rings. The number of hydrogen-bond acceptors (Lipinski definition) is 3. The van der Waals surface area contributed by atoms with Crippen molar-refractivity contribution in [2.24, 2.45) is 0 Å². The summed E-state index contributed by atoms with van der Waals surface area (Å²) < 4.78 is 0.947. The lowest BCUT2D eigenvalue weighted by molar-refractivity contribution is 0.870. The first-order valence-corrected chi connectivity index (χ1v) is 7.94. The SMILES string of the molecule is CCC(Br)c1nnc(-c2cc(Cl)cc(Br)c2)s1. The van der Waals surface area contributed by atoms with Gasteiger partial charge in [-0.25, -0.2) is 0 Å². The molecule has 1 atom stereocenters. The van der Waals surface area contributed by atoms with E-state index in [4.69, 9.17) is 11.6 Å². The van der Waals surface area contributed by atoms with E-state index in [2.05, 4.69) is 49.0 Å². The molecule has 0 aliphatic heterocycles. The molecule has 2 aromatic rings. The number of alkyl halides is 1. The van der Waals surface area contributed by atoms with Crippen LogP contribution in [0.15, 0.2) is 22.7 Å². The van der Waals surface area contributed by atoms with E-state index in [0.717, 1.165) is 26.5 Å². The summed E-state index contributed by atoms with van der Waals surface area (Å²) in [5.74, 6) is 0. The molecule has 0 fully saturated rings. The highest BCUT2D eigenvalue weighted by Gasteiger charge is 2.13. The molecule has 90 valence electrons. The standard InChI is InChI=1S/C11H9Br2ClN2S/c1-2-9(13)11-16-15-10(17-11)6-3-7(12)5-8(14)4-6/h3-5,9H,2H2,1H3. The summed E-state index contributed by atoms with van der Waals surface area (Å²) in [6.45, 7) is 2.11. The molecule has 2 nitrogen and oxygen atoms in total. The molecule has 0 bridgehead atoms. The predicted octanol–water partition coefficient (Wildman–Crippen LogP) is 5.47. The zero-order valence-corrected chi connectivity index (χ0v) is 13.7. The first-order valence-electron chi connectivity index (χ1n) is 5.04. The van der Waals surface area contributed by atoms with Crippen LogP contribution in [0.5, 0.6) is 0 Å². The van der Waals surface area contributed by atoms with Gasteiger partial charge >= 0.3 is 0 Å². The second kappa shape index (κ2) is 5.78. The highest BCUT2D eigenvalue weighted by Crippen LogP contribution is 2.34. The van der Waals surface area contributed by atoms with Crippen LogP contribution in [-0.2, 0) is 0 Å². The molecule has 1 unspecified atom stereocenters. The molecule has 0 amide bonds. The average molecular weight is 397 g/mol. The Morgan fingerprint density at radius 1 is 1.35 bits per heavy atom.